The number of fused-ring (bicyclic) bond motifs is 1. The van der Waals surface area contributed by atoms with Crippen LogP contribution < -0.4 is 11.4 Å². The first-order valence-corrected chi connectivity index (χ1v) is 9.19. The SMILES string of the molecule is Cn1c(=O)n(C)c2cc(S(=O)(=O)N3CCCCC3CN)ccc21. The highest BCUT2D eigenvalue weighted by Crippen LogP contribution is 2.26. The first-order chi connectivity index (χ1) is 10.9. The highest BCUT2D eigenvalue weighted by molar-refractivity contribution is 7.89. The quantitative estimate of drug-likeness (QED) is 0.876. The largest absolute Gasteiger partial charge is 0.329 e. The number of hydrogen-bond donors (Lipinski definition) is 1. The van der Waals surface area contributed by atoms with Crippen LogP contribution in [0.5, 0.6) is 0 Å². The number of rotatable bonds is 3. The molecular formula is C15H22N4O3S. The molecule has 0 aliphatic carbocycles. The van der Waals surface area contributed by atoms with Crippen LogP contribution in [0, 0.1) is 0 Å². The molecule has 7 nitrogen and oxygen atoms in total. The molecule has 23 heavy (non-hydrogen) atoms. The number of nitrogens with zero attached hydrogens (tertiary/aromatic N) is 3. The van der Waals surface area contributed by atoms with Crippen LogP contribution in [0.15, 0.2) is 27.9 Å². The Kier molecular flexibility index (Phi) is 4.07. The average molecular weight is 338 g/mol. The van der Waals surface area contributed by atoms with Gasteiger partial charge in [-0.1, -0.05) is 6.42 Å². The highest BCUT2D eigenvalue weighted by atomic mass is 32.2. The van der Waals surface area contributed by atoms with E-state index in [1.165, 1.54) is 13.4 Å². The summed E-state index contributed by atoms with van der Waals surface area (Å²) in [5.74, 6) is 0. The van der Waals surface area contributed by atoms with E-state index in [0.29, 0.717) is 24.1 Å². The molecule has 2 heterocycles. The number of sulfonamides is 1. The van der Waals surface area contributed by atoms with Gasteiger partial charge < -0.3 is 5.73 Å². The lowest BCUT2D eigenvalue weighted by Gasteiger charge is -2.33. The van der Waals surface area contributed by atoms with Gasteiger partial charge in [-0.25, -0.2) is 13.2 Å². The first kappa shape index (κ1) is 16.2. The van der Waals surface area contributed by atoms with Crippen LogP contribution in [-0.4, -0.2) is 41.0 Å². The summed E-state index contributed by atoms with van der Waals surface area (Å²) in [6, 6.07) is 4.68. The topological polar surface area (TPSA) is 90.3 Å². The number of hydrogen-bond acceptors (Lipinski definition) is 4. The van der Waals surface area contributed by atoms with Gasteiger partial charge in [-0.15, -0.1) is 0 Å². The molecule has 0 spiro atoms. The minimum atomic E-state index is -3.61. The second-order valence-electron chi connectivity index (χ2n) is 6.05. The third kappa shape index (κ3) is 2.50. The Labute approximate surface area is 135 Å². The van der Waals surface area contributed by atoms with Crippen LogP contribution in [0.25, 0.3) is 11.0 Å². The van der Waals surface area contributed by atoms with E-state index in [4.69, 9.17) is 5.73 Å². The Balaban J connectivity index is 2.11. The highest BCUT2D eigenvalue weighted by Gasteiger charge is 2.33. The minimum Gasteiger partial charge on any atom is -0.329 e. The van der Waals surface area contributed by atoms with E-state index in [0.717, 1.165) is 19.3 Å². The Bertz CT molecular complexity index is 897. The summed E-state index contributed by atoms with van der Waals surface area (Å²) >= 11 is 0. The summed E-state index contributed by atoms with van der Waals surface area (Å²) in [5.41, 5.74) is 6.90. The van der Waals surface area contributed by atoms with Crippen molar-refractivity contribution in [2.45, 2.75) is 30.2 Å². The van der Waals surface area contributed by atoms with Gasteiger partial charge in [0.1, 0.15) is 0 Å². The van der Waals surface area contributed by atoms with E-state index < -0.39 is 10.0 Å². The third-order valence-corrected chi connectivity index (χ3v) is 6.64. The van der Waals surface area contributed by atoms with Crippen LogP contribution in [0.3, 0.4) is 0 Å². The fourth-order valence-electron chi connectivity index (χ4n) is 3.31. The molecule has 1 aromatic heterocycles. The summed E-state index contributed by atoms with van der Waals surface area (Å²) in [7, 11) is -0.288. The molecule has 126 valence electrons. The lowest BCUT2D eigenvalue weighted by molar-refractivity contribution is 0.257. The van der Waals surface area contributed by atoms with Gasteiger partial charge in [-0.05, 0) is 31.0 Å². The van der Waals surface area contributed by atoms with Crippen molar-refractivity contribution < 1.29 is 8.42 Å². The summed E-state index contributed by atoms with van der Waals surface area (Å²) in [5, 5.41) is 0. The van der Waals surface area contributed by atoms with E-state index >= 15 is 0 Å². The predicted octanol–water partition coefficient (Wildman–Crippen LogP) is 0.379. The molecule has 1 unspecified atom stereocenters. The van der Waals surface area contributed by atoms with Crippen molar-refractivity contribution in [3.05, 3.63) is 28.7 Å². The molecule has 3 rings (SSSR count). The van der Waals surface area contributed by atoms with Crippen molar-refractivity contribution in [3.63, 3.8) is 0 Å². The predicted molar refractivity (Wildman–Crippen MR) is 88.7 cm³/mol. The van der Waals surface area contributed by atoms with Gasteiger partial charge in [-0.2, -0.15) is 4.31 Å². The second kappa shape index (κ2) is 5.77. The van der Waals surface area contributed by atoms with Crippen LogP contribution >= 0.6 is 0 Å². The van der Waals surface area contributed by atoms with Gasteiger partial charge in [0.2, 0.25) is 10.0 Å². The molecule has 0 bridgehead atoms. The number of nitrogens with two attached hydrogens (primary N) is 1. The zero-order valence-electron chi connectivity index (χ0n) is 13.4. The molecular weight excluding hydrogens is 316 g/mol. The van der Waals surface area contributed by atoms with Crippen LogP contribution in [-0.2, 0) is 24.1 Å². The molecule has 1 saturated heterocycles. The Morgan fingerprint density at radius 1 is 1.17 bits per heavy atom. The number of piperidine rings is 1. The maximum absolute atomic E-state index is 13.0. The zero-order chi connectivity index (χ0) is 16.8. The summed E-state index contributed by atoms with van der Waals surface area (Å²) in [6.07, 6.45) is 2.64. The third-order valence-electron chi connectivity index (χ3n) is 4.70. The number of aromatic nitrogens is 2. The van der Waals surface area contributed by atoms with E-state index in [-0.39, 0.29) is 16.6 Å². The number of imidazole rings is 1. The summed E-state index contributed by atoms with van der Waals surface area (Å²) in [6.45, 7) is 0.821. The van der Waals surface area contributed by atoms with Gasteiger partial charge in [0.05, 0.1) is 15.9 Å². The molecule has 8 heteroatoms. The average Bonchev–Trinajstić information content (AvgIpc) is 2.79. The van der Waals surface area contributed by atoms with Gasteiger partial charge in [0.25, 0.3) is 0 Å². The smallest absolute Gasteiger partial charge is 0.328 e. The Morgan fingerprint density at radius 3 is 2.57 bits per heavy atom. The molecule has 2 N–H and O–H groups in total. The monoisotopic (exact) mass is 338 g/mol. The fourth-order valence-corrected chi connectivity index (χ4v) is 5.03. The molecule has 1 atom stereocenters. The van der Waals surface area contributed by atoms with Gasteiger partial charge in [0.15, 0.2) is 0 Å². The fraction of sp³-hybridized carbons (Fsp3) is 0.533. The lowest BCUT2D eigenvalue weighted by atomic mass is 10.1. The van der Waals surface area contributed by atoms with Crippen LogP contribution in [0.2, 0.25) is 0 Å². The van der Waals surface area contributed by atoms with Gasteiger partial charge >= 0.3 is 5.69 Å². The maximum Gasteiger partial charge on any atom is 0.328 e. The minimum absolute atomic E-state index is 0.149. The van der Waals surface area contributed by atoms with Crippen molar-refractivity contribution in [1.82, 2.24) is 13.4 Å². The maximum atomic E-state index is 13.0. The second-order valence-corrected chi connectivity index (χ2v) is 7.94. The van der Waals surface area contributed by atoms with Crippen molar-refractivity contribution in [3.8, 4) is 0 Å². The van der Waals surface area contributed by atoms with Gasteiger partial charge in [0, 0.05) is 33.2 Å². The molecule has 1 aliphatic heterocycles. The van der Waals surface area contributed by atoms with Crippen LogP contribution in [0.1, 0.15) is 19.3 Å². The standard InChI is InChI=1S/C15H22N4O3S/c1-17-13-7-6-12(9-14(13)18(2)15(17)20)23(21,22)19-8-4-3-5-11(19)10-16/h6-7,9,11H,3-5,8,10,16H2,1-2H3. The summed E-state index contributed by atoms with van der Waals surface area (Å²) < 4.78 is 30.4. The molecule has 1 aliphatic rings. The van der Waals surface area contributed by atoms with Crippen molar-refractivity contribution in [2.24, 2.45) is 19.8 Å². The number of aryl methyl sites for hydroxylation is 2. The van der Waals surface area contributed by atoms with E-state index in [1.54, 1.807) is 32.3 Å². The van der Waals surface area contributed by atoms with Crippen LogP contribution in [0.4, 0.5) is 0 Å². The van der Waals surface area contributed by atoms with Crippen molar-refractivity contribution >= 4 is 21.1 Å². The number of benzene rings is 1. The molecule has 1 fully saturated rings. The Morgan fingerprint density at radius 2 is 1.87 bits per heavy atom. The Hall–Kier alpha value is -1.64. The van der Waals surface area contributed by atoms with Crippen molar-refractivity contribution in [2.75, 3.05) is 13.1 Å². The molecule has 2 aromatic rings. The summed E-state index contributed by atoms with van der Waals surface area (Å²) in [4.78, 5) is 12.2. The van der Waals surface area contributed by atoms with Crippen molar-refractivity contribution in [1.29, 1.82) is 0 Å². The van der Waals surface area contributed by atoms with Gasteiger partial charge in [-0.3, -0.25) is 9.13 Å². The molecule has 0 radical (unpaired) electrons. The zero-order valence-corrected chi connectivity index (χ0v) is 14.2. The first-order valence-electron chi connectivity index (χ1n) is 7.75. The lowest BCUT2D eigenvalue weighted by Crippen LogP contribution is -2.47. The molecule has 0 saturated carbocycles. The van der Waals surface area contributed by atoms with E-state index in [2.05, 4.69) is 0 Å². The molecule has 1 aromatic carbocycles. The normalized spacial score (nSPS) is 20.2. The molecule has 0 amide bonds. The van der Waals surface area contributed by atoms with E-state index in [9.17, 15) is 13.2 Å². The van der Waals surface area contributed by atoms with E-state index in [1.807, 2.05) is 0 Å².